The summed E-state index contributed by atoms with van der Waals surface area (Å²) < 4.78 is 30.0. The van der Waals surface area contributed by atoms with E-state index < -0.39 is 11.6 Å². The predicted molar refractivity (Wildman–Crippen MR) is 66.4 cm³/mol. The van der Waals surface area contributed by atoms with Crippen LogP contribution in [-0.2, 0) is 6.42 Å². The van der Waals surface area contributed by atoms with Gasteiger partial charge < -0.3 is 5.32 Å². The molecule has 0 aliphatic rings. The second-order valence-corrected chi connectivity index (χ2v) is 4.53. The van der Waals surface area contributed by atoms with Gasteiger partial charge in [0.1, 0.15) is 11.6 Å². The number of nitrogens with zero attached hydrogens (tertiary/aromatic N) is 2. The molecule has 0 aliphatic carbocycles. The highest BCUT2D eigenvalue weighted by molar-refractivity contribution is 7.03. The van der Waals surface area contributed by atoms with E-state index in [-0.39, 0.29) is 6.04 Å². The zero-order valence-electron chi connectivity index (χ0n) is 9.86. The summed E-state index contributed by atoms with van der Waals surface area (Å²) in [6.07, 6.45) is 0.480. The van der Waals surface area contributed by atoms with Crippen molar-refractivity contribution in [2.75, 3.05) is 6.54 Å². The van der Waals surface area contributed by atoms with Crippen LogP contribution in [0.4, 0.5) is 8.78 Å². The van der Waals surface area contributed by atoms with E-state index in [0.29, 0.717) is 12.0 Å². The first-order valence-electron chi connectivity index (χ1n) is 5.64. The quantitative estimate of drug-likeness (QED) is 0.907. The van der Waals surface area contributed by atoms with E-state index in [1.54, 1.807) is 0 Å². The maximum absolute atomic E-state index is 13.1. The van der Waals surface area contributed by atoms with Gasteiger partial charge in [-0.2, -0.15) is 0 Å². The standard InChI is InChI=1S/C12H13F2N3S/c1-2-15-11(12-7-18-17-16-12)5-8-3-9(13)6-10(14)4-8/h3-4,6-7,11,15H,2,5H2,1H3. The Hall–Kier alpha value is -1.40. The van der Waals surface area contributed by atoms with Crippen LogP contribution in [0.3, 0.4) is 0 Å². The van der Waals surface area contributed by atoms with Crippen LogP contribution in [0.15, 0.2) is 23.6 Å². The maximum atomic E-state index is 13.1. The number of hydrogen-bond acceptors (Lipinski definition) is 4. The molecular formula is C12H13F2N3S. The molecule has 0 saturated heterocycles. The van der Waals surface area contributed by atoms with Gasteiger partial charge in [0.05, 0.1) is 11.7 Å². The molecule has 3 nitrogen and oxygen atoms in total. The van der Waals surface area contributed by atoms with Crippen molar-refractivity contribution < 1.29 is 8.78 Å². The van der Waals surface area contributed by atoms with Crippen LogP contribution in [0.1, 0.15) is 24.2 Å². The Balaban J connectivity index is 2.18. The number of nitrogens with one attached hydrogen (secondary N) is 1. The Morgan fingerprint density at radius 2 is 2.00 bits per heavy atom. The number of hydrogen-bond donors (Lipinski definition) is 1. The lowest BCUT2D eigenvalue weighted by molar-refractivity contribution is 0.527. The molecule has 1 N–H and O–H groups in total. The molecule has 1 aromatic heterocycles. The fourth-order valence-corrected chi connectivity index (χ4v) is 2.32. The van der Waals surface area contributed by atoms with Gasteiger partial charge in [0, 0.05) is 11.4 Å². The molecule has 1 unspecified atom stereocenters. The van der Waals surface area contributed by atoms with Crippen molar-refractivity contribution in [3.05, 3.63) is 46.5 Å². The maximum Gasteiger partial charge on any atom is 0.126 e. The van der Waals surface area contributed by atoms with Crippen molar-refractivity contribution >= 4 is 11.5 Å². The zero-order valence-corrected chi connectivity index (χ0v) is 10.7. The Morgan fingerprint density at radius 3 is 2.56 bits per heavy atom. The first kappa shape index (κ1) is 13.0. The molecule has 2 aromatic rings. The second kappa shape index (κ2) is 5.97. The first-order valence-corrected chi connectivity index (χ1v) is 6.48. The summed E-state index contributed by atoms with van der Waals surface area (Å²) in [5.41, 5.74) is 1.40. The second-order valence-electron chi connectivity index (χ2n) is 3.92. The summed E-state index contributed by atoms with van der Waals surface area (Å²) in [5.74, 6) is -1.12. The Labute approximate surface area is 108 Å². The van der Waals surface area contributed by atoms with Crippen LogP contribution < -0.4 is 5.32 Å². The smallest absolute Gasteiger partial charge is 0.126 e. The Kier molecular flexibility index (Phi) is 4.33. The minimum absolute atomic E-state index is 0.0741. The topological polar surface area (TPSA) is 37.8 Å². The van der Waals surface area contributed by atoms with Gasteiger partial charge in [-0.05, 0) is 42.2 Å². The van der Waals surface area contributed by atoms with E-state index >= 15 is 0 Å². The van der Waals surface area contributed by atoms with E-state index in [4.69, 9.17) is 0 Å². The van der Waals surface area contributed by atoms with Crippen LogP contribution >= 0.6 is 11.5 Å². The predicted octanol–water partition coefficient (Wildman–Crippen LogP) is 2.71. The molecule has 1 atom stereocenters. The van der Waals surface area contributed by atoms with E-state index in [2.05, 4.69) is 14.9 Å². The number of halogens is 2. The minimum Gasteiger partial charge on any atom is -0.309 e. The molecular weight excluding hydrogens is 256 g/mol. The largest absolute Gasteiger partial charge is 0.309 e. The van der Waals surface area contributed by atoms with Crippen molar-refractivity contribution in [2.45, 2.75) is 19.4 Å². The molecule has 2 rings (SSSR count). The number of likely N-dealkylation sites (N-methyl/N-ethyl adjacent to an activating group) is 1. The van der Waals surface area contributed by atoms with E-state index in [1.165, 1.54) is 23.7 Å². The van der Waals surface area contributed by atoms with Crippen LogP contribution in [0, 0.1) is 11.6 Å². The minimum atomic E-state index is -0.559. The molecule has 0 radical (unpaired) electrons. The molecule has 0 aliphatic heterocycles. The lowest BCUT2D eigenvalue weighted by Gasteiger charge is -2.15. The summed E-state index contributed by atoms with van der Waals surface area (Å²) in [7, 11) is 0. The highest BCUT2D eigenvalue weighted by Gasteiger charge is 2.14. The van der Waals surface area contributed by atoms with Gasteiger partial charge in [0.2, 0.25) is 0 Å². The average Bonchev–Trinajstić information content (AvgIpc) is 2.80. The number of benzene rings is 1. The van der Waals surface area contributed by atoms with Crippen molar-refractivity contribution in [1.82, 2.24) is 14.9 Å². The molecule has 96 valence electrons. The summed E-state index contributed by atoms with van der Waals surface area (Å²) in [5, 5.41) is 9.06. The molecule has 0 saturated carbocycles. The molecule has 0 amide bonds. The van der Waals surface area contributed by atoms with Gasteiger partial charge in [-0.3, -0.25) is 0 Å². The van der Waals surface area contributed by atoms with Crippen molar-refractivity contribution in [2.24, 2.45) is 0 Å². The van der Waals surface area contributed by atoms with Gasteiger partial charge in [-0.25, -0.2) is 8.78 Å². The van der Waals surface area contributed by atoms with Gasteiger partial charge >= 0.3 is 0 Å². The number of rotatable bonds is 5. The highest BCUT2D eigenvalue weighted by atomic mass is 32.1. The first-order chi connectivity index (χ1) is 8.69. The lowest BCUT2D eigenvalue weighted by atomic mass is 10.0. The molecule has 0 bridgehead atoms. The fourth-order valence-electron chi connectivity index (χ4n) is 1.82. The lowest BCUT2D eigenvalue weighted by Crippen LogP contribution is -2.23. The Bertz CT molecular complexity index is 482. The monoisotopic (exact) mass is 269 g/mol. The SMILES string of the molecule is CCNC(Cc1cc(F)cc(F)c1)c1csnn1. The number of aromatic nitrogens is 2. The van der Waals surface area contributed by atoms with E-state index in [0.717, 1.165) is 18.3 Å². The molecule has 0 fully saturated rings. The average molecular weight is 269 g/mol. The highest BCUT2D eigenvalue weighted by Crippen LogP contribution is 2.19. The fraction of sp³-hybridized carbons (Fsp3) is 0.333. The normalized spacial score (nSPS) is 12.6. The van der Waals surface area contributed by atoms with Crippen LogP contribution in [-0.4, -0.2) is 16.1 Å². The van der Waals surface area contributed by atoms with Gasteiger partial charge in [0.15, 0.2) is 0 Å². The summed E-state index contributed by atoms with van der Waals surface area (Å²) in [4.78, 5) is 0. The van der Waals surface area contributed by atoms with Crippen molar-refractivity contribution in [3.63, 3.8) is 0 Å². The van der Waals surface area contributed by atoms with Crippen LogP contribution in [0.2, 0.25) is 0 Å². The van der Waals surface area contributed by atoms with Crippen LogP contribution in [0.25, 0.3) is 0 Å². The van der Waals surface area contributed by atoms with Gasteiger partial charge in [-0.15, -0.1) is 5.10 Å². The van der Waals surface area contributed by atoms with Crippen molar-refractivity contribution in [1.29, 1.82) is 0 Å². The molecule has 1 aromatic carbocycles. The molecule has 0 spiro atoms. The molecule has 18 heavy (non-hydrogen) atoms. The molecule has 1 heterocycles. The van der Waals surface area contributed by atoms with Crippen molar-refractivity contribution in [3.8, 4) is 0 Å². The summed E-state index contributed by atoms with van der Waals surface area (Å²) >= 11 is 1.26. The van der Waals surface area contributed by atoms with E-state index in [9.17, 15) is 8.78 Å². The molecule has 6 heteroatoms. The summed E-state index contributed by atoms with van der Waals surface area (Å²) in [6.45, 7) is 2.72. The van der Waals surface area contributed by atoms with Crippen LogP contribution in [0.5, 0.6) is 0 Å². The van der Waals surface area contributed by atoms with Gasteiger partial charge in [0.25, 0.3) is 0 Å². The zero-order chi connectivity index (χ0) is 13.0. The third kappa shape index (κ3) is 3.30. The van der Waals surface area contributed by atoms with Gasteiger partial charge in [-0.1, -0.05) is 11.4 Å². The van der Waals surface area contributed by atoms with E-state index in [1.807, 2.05) is 12.3 Å². The third-order valence-electron chi connectivity index (χ3n) is 2.55. The Morgan fingerprint density at radius 1 is 1.28 bits per heavy atom. The summed E-state index contributed by atoms with van der Waals surface area (Å²) in [6, 6.07) is 3.48. The third-order valence-corrected chi connectivity index (χ3v) is 3.07.